The SMILES string of the molecule is Cc1nc(C)n(CC2CCCCN2Cc2cn3ccsc3n2)n1. The molecular formula is C16H22N6S. The zero-order valence-electron chi connectivity index (χ0n) is 13.6. The standard InChI is InChI=1S/C16H22N6S/c1-12-17-13(2)22(19-12)11-15-5-3-4-6-20(15)9-14-10-21-7-8-23-16(21)18-14/h7-8,10,15H,3-6,9,11H2,1-2H3. The lowest BCUT2D eigenvalue weighted by molar-refractivity contribution is 0.120. The zero-order valence-corrected chi connectivity index (χ0v) is 14.5. The summed E-state index contributed by atoms with van der Waals surface area (Å²) in [5.74, 6) is 1.87. The summed E-state index contributed by atoms with van der Waals surface area (Å²) < 4.78 is 4.17. The summed E-state index contributed by atoms with van der Waals surface area (Å²) >= 11 is 1.69. The topological polar surface area (TPSA) is 51.2 Å². The first kappa shape index (κ1) is 14.8. The van der Waals surface area contributed by atoms with E-state index in [0.717, 1.165) is 41.9 Å². The first-order chi connectivity index (χ1) is 11.2. The van der Waals surface area contributed by atoms with E-state index in [1.807, 2.05) is 13.8 Å². The molecule has 7 heteroatoms. The molecule has 4 heterocycles. The number of aryl methyl sites for hydroxylation is 2. The fraction of sp³-hybridized carbons (Fsp3) is 0.562. The van der Waals surface area contributed by atoms with E-state index in [1.165, 1.54) is 19.3 Å². The van der Waals surface area contributed by atoms with Gasteiger partial charge in [-0.2, -0.15) is 5.10 Å². The maximum Gasteiger partial charge on any atom is 0.193 e. The second-order valence-electron chi connectivity index (χ2n) is 6.33. The average molecular weight is 330 g/mol. The van der Waals surface area contributed by atoms with E-state index >= 15 is 0 Å². The minimum atomic E-state index is 0.517. The van der Waals surface area contributed by atoms with Crippen LogP contribution in [0.1, 0.15) is 36.6 Å². The molecule has 0 spiro atoms. The fourth-order valence-electron chi connectivity index (χ4n) is 3.47. The number of hydrogen-bond donors (Lipinski definition) is 0. The van der Waals surface area contributed by atoms with Gasteiger partial charge in [-0.3, -0.25) is 9.30 Å². The minimum Gasteiger partial charge on any atom is -0.297 e. The van der Waals surface area contributed by atoms with Crippen molar-refractivity contribution in [2.45, 2.75) is 52.2 Å². The molecule has 1 aliphatic heterocycles. The number of fused-ring (bicyclic) bond motifs is 1. The Balaban J connectivity index is 1.50. The van der Waals surface area contributed by atoms with Gasteiger partial charge in [-0.05, 0) is 33.2 Å². The highest BCUT2D eigenvalue weighted by molar-refractivity contribution is 7.15. The Morgan fingerprint density at radius 1 is 1.26 bits per heavy atom. The molecule has 0 N–H and O–H groups in total. The number of hydrogen-bond acceptors (Lipinski definition) is 5. The van der Waals surface area contributed by atoms with Crippen LogP contribution in [0.25, 0.3) is 4.96 Å². The van der Waals surface area contributed by atoms with Gasteiger partial charge in [0.15, 0.2) is 4.96 Å². The van der Waals surface area contributed by atoms with Crippen LogP contribution < -0.4 is 0 Å². The van der Waals surface area contributed by atoms with E-state index in [1.54, 1.807) is 11.3 Å². The maximum absolute atomic E-state index is 4.74. The number of aromatic nitrogens is 5. The number of likely N-dealkylation sites (tertiary alicyclic amines) is 1. The molecule has 1 unspecified atom stereocenters. The fourth-order valence-corrected chi connectivity index (χ4v) is 4.19. The van der Waals surface area contributed by atoms with E-state index in [-0.39, 0.29) is 0 Å². The van der Waals surface area contributed by atoms with Gasteiger partial charge in [0.1, 0.15) is 11.6 Å². The smallest absolute Gasteiger partial charge is 0.193 e. The maximum atomic E-state index is 4.74. The first-order valence-corrected chi connectivity index (χ1v) is 9.10. The molecule has 0 aliphatic carbocycles. The molecule has 6 nitrogen and oxygen atoms in total. The second kappa shape index (κ2) is 6.05. The van der Waals surface area contributed by atoms with Crippen molar-refractivity contribution in [1.82, 2.24) is 29.0 Å². The van der Waals surface area contributed by atoms with Crippen LogP contribution in [0.4, 0.5) is 0 Å². The molecule has 1 aliphatic rings. The predicted molar refractivity (Wildman–Crippen MR) is 90.6 cm³/mol. The number of rotatable bonds is 4. The van der Waals surface area contributed by atoms with Gasteiger partial charge >= 0.3 is 0 Å². The summed E-state index contributed by atoms with van der Waals surface area (Å²) in [5, 5.41) is 6.61. The van der Waals surface area contributed by atoms with Crippen LogP contribution in [0, 0.1) is 13.8 Å². The first-order valence-electron chi connectivity index (χ1n) is 8.22. The summed E-state index contributed by atoms with van der Waals surface area (Å²) in [5.41, 5.74) is 1.16. The van der Waals surface area contributed by atoms with Gasteiger partial charge in [0.25, 0.3) is 0 Å². The van der Waals surface area contributed by atoms with Gasteiger partial charge in [-0.25, -0.2) is 14.6 Å². The Morgan fingerprint density at radius 3 is 2.96 bits per heavy atom. The van der Waals surface area contributed by atoms with Crippen molar-refractivity contribution >= 4 is 16.3 Å². The second-order valence-corrected chi connectivity index (χ2v) is 7.21. The lowest BCUT2D eigenvalue weighted by Gasteiger charge is -2.35. The van der Waals surface area contributed by atoms with E-state index in [9.17, 15) is 0 Å². The molecule has 3 aromatic heterocycles. The Morgan fingerprint density at radius 2 is 2.17 bits per heavy atom. The number of thiazole rings is 1. The van der Waals surface area contributed by atoms with E-state index in [0.29, 0.717) is 6.04 Å². The summed E-state index contributed by atoms with van der Waals surface area (Å²) in [6.07, 6.45) is 8.02. The lowest BCUT2D eigenvalue weighted by Crippen LogP contribution is -2.42. The molecule has 1 atom stereocenters. The molecule has 0 aromatic carbocycles. The molecule has 3 aromatic rings. The van der Waals surface area contributed by atoms with Crippen LogP contribution in [-0.4, -0.2) is 41.6 Å². The number of nitrogens with zero attached hydrogens (tertiary/aromatic N) is 6. The molecule has 0 bridgehead atoms. The van der Waals surface area contributed by atoms with E-state index in [4.69, 9.17) is 4.98 Å². The summed E-state index contributed by atoms with van der Waals surface area (Å²) in [6.45, 7) is 6.99. The van der Waals surface area contributed by atoms with Crippen LogP contribution in [0.15, 0.2) is 17.8 Å². The van der Waals surface area contributed by atoms with Crippen molar-refractivity contribution in [3.63, 3.8) is 0 Å². The van der Waals surface area contributed by atoms with Crippen LogP contribution in [-0.2, 0) is 13.1 Å². The van der Waals surface area contributed by atoms with Crippen molar-refractivity contribution in [2.24, 2.45) is 0 Å². The molecule has 0 radical (unpaired) electrons. The van der Waals surface area contributed by atoms with E-state index < -0.39 is 0 Å². The lowest BCUT2D eigenvalue weighted by atomic mass is 10.0. The number of imidazole rings is 1. The van der Waals surface area contributed by atoms with Crippen molar-refractivity contribution in [1.29, 1.82) is 0 Å². The molecule has 0 saturated carbocycles. The van der Waals surface area contributed by atoms with Crippen LogP contribution in [0.5, 0.6) is 0 Å². The summed E-state index contributed by atoms with van der Waals surface area (Å²) in [7, 11) is 0. The Hall–Kier alpha value is -1.73. The normalized spacial score (nSPS) is 19.7. The highest BCUT2D eigenvalue weighted by Crippen LogP contribution is 2.22. The number of piperidine rings is 1. The molecule has 0 amide bonds. The van der Waals surface area contributed by atoms with Gasteiger partial charge in [0, 0.05) is 30.4 Å². The average Bonchev–Trinajstić information content (AvgIpc) is 3.17. The van der Waals surface area contributed by atoms with Crippen molar-refractivity contribution in [2.75, 3.05) is 6.54 Å². The third-order valence-corrected chi connectivity index (χ3v) is 5.37. The van der Waals surface area contributed by atoms with Crippen molar-refractivity contribution < 1.29 is 0 Å². The monoisotopic (exact) mass is 330 g/mol. The molecule has 4 rings (SSSR count). The zero-order chi connectivity index (χ0) is 15.8. The predicted octanol–water partition coefficient (Wildman–Crippen LogP) is 2.66. The third kappa shape index (κ3) is 3.03. The van der Waals surface area contributed by atoms with Crippen molar-refractivity contribution in [3.05, 3.63) is 35.1 Å². The molecule has 23 heavy (non-hydrogen) atoms. The van der Waals surface area contributed by atoms with Gasteiger partial charge in [-0.15, -0.1) is 11.3 Å². The van der Waals surface area contributed by atoms with Crippen molar-refractivity contribution in [3.8, 4) is 0 Å². The van der Waals surface area contributed by atoms with Crippen LogP contribution >= 0.6 is 11.3 Å². The van der Waals surface area contributed by atoms with Crippen LogP contribution in [0.2, 0.25) is 0 Å². The van der Waals surface area contributed by atoms with Crippen LogP contribution in [0.3, 0.4) is 0 Å². The van der Waals surface area contributed by atoms with E-state index in [2.05, 4.69) is 41.8 Å². The molecule has 1 fully saturated rings. The Bertz CT molecular complexity index is 772. The third-order valence-electron chi connectivity index (χ3n) is 4.60. The van der Waals surface area contributed by atoms with Gasteiger partial charge in [-0.1, -0.05) is 6.42 Å². The minimum absolute atomic E-state index is 0.517. The van der Waals surface area contributed by atoms with Gasteiger partial charge in [0.2, 0.25) is 0 Å². The Labute approximate surface area is 139 Å². The molecular weight excluding hydrogens is 308 g/mol. The molecule has 1 saturated heterocycles. The quantitative estimate of drug-likeness (QED) is 0.738. The Kier molecular flexibility index (Phi) is 3.90. The summed E-state index contributed by atoms with van der Waals surface area (Å²) in [6, 6.07) is 0.517. The van der Waals surface area contributed by atoms with Gasteiger partial charge in [0.05, 0.1) is 12.2 Å². The highest BCUT2D eigenvalue weighted by atomic mass is 32.1. The largest absolute Gasteiger partial charge is 0.297 e. The summed E-state index contributed by atoms with van der Waals surface area (Å²) in [4.78, 5) is 12.8. The van der Waals surface area contributed by atoms with Gasteiger partial charge < -0.3 is 0 Å². The highest BCUT2D eigenvalue weighted by Gasteiger charge is 2.24. The molecule has 122 valence electrons.